The number of aromatic nitrogens is 1. The second-order valence-corrected chi connectivity index (χ2v) is 4.76. The maximum atomic E-state index is 13.4. The van der Waals surface area contributed by atoms with Crippen LogP contribution in [0.5, 0.6) is 0 Å². The molecule has 100 valence electrons. The molecule has 0 saturated heterocycles. The highest BCUT2D eigenvalue weighted by atomic mass is 32.1. The standard InChI is InChI=1S/C12H11F2N3OS/c13-8-6-9(14)10(15)5-7(8)12(18)17-2-1-11-16-3-4-19-11/h3-6H,1-2,15H2,(H,17,18). The van der Waals surface area contributed by atoms with Crippen LogP contribution in [0.15, 0.2) is 23.7 Å². The zero-order chi connectivity index (χ0) is 13.8. The van der Waals surface area contributed by atoms with Gasteiger partial charge in [-0.1, -0.05) is 0 Å². The highest BCUT2D eigenvalue weighted by Gasteiger charge is 2.14. The summed E-state index contributed by atoms with van der Waals surface area (Å²) >= 11 is 1.47. The minimum atomic E-state index is -0.932. The molecule has 0 saturated carbocycles. The fourth-order valence-electron chi connectivity index (χ4n) is 1.49. The molecule has 0 radical (unpaired) electrons. The van der Waals surface area contributed by atoms with Crippen LogP contribution < -0.4 is 11.1 Å². The van der Waals surface area contributed by atoms with E-state index in [1.54, 1.807) is 6.20 Å². The number of halogens is 2. The Morgan fingerprint density at radius 2 is 2.16 bits per heavy atom. The van der Waals surface area contributed by atoms with Crippen LogP contribution in [0.2, 0.25) is 0 Å². The van der Waals surface area contributed by atoms with Gasteiger partial charge < -0.3 is 11.1 Å². The maximum Gasteiger partial charge on any atom is 0.254 e. The largest absolute Gasteiger partial charge is 0.396 e. The first-order chi connectivity index (χ1) is 9.08. The third-order valence-corrected chi connectivity index (χ3v) is 3.28. The molecule has 1 heterocycles. The molecule has 19 heavy (non-hydrogen) atoms. The number of hydrogen-bond donors (Lipinski definition) is 2. The second kappa shape index (κ2) is 5.75. The monoisotopic (exact) mass is 283 g/mol. The van der Waals surface area contributed by atoms with Crippen molar-refractivity contribution in [2.75, 3.05) is 12.3 Å². The molecule has 1 aromatic heterocycles. The van der Waals surface area contributed by atoms with E-state index in [4.69, 9.17) is 5.73 Å². The van der Waals surface area contributed by atoms with Crippen LogP contribution in [0.25, 0.3) is 0 Å². The number of carbonyl (C=O) groups is 1. The van der Waals surface area contributed by atoms with Crippen molar-refractivity contribution in [3.63, 3.8) is 0 Å². The van der Waals surface area contributed by atoms with Crippen LogP contribution in [-0.2, 0) is 6.42 Å². The lowest BCUT2D eigenvalue weighted by Gasteiger charge is -2.06. The molecule has 4 nitrogen and oxygen atoms in total. The van der Waals surface area contributed by atoms with Crippen LogP contribution in [0.3, 0.4) is 0 Å². The Bertz CT molecular complexity index is 587. The predicted octanol–water partition coefficient (Wildman–Crippen LogP) is 1.98. The lowest BCUT2D eigenvalue weighted by molar-refractivity contribution is 0.0950. The van der Waals surface area contributed by atoms with Crippen molar-refractivity contribution >= 4 is 22.9 Å². The van der Waals surface area contributed by atoms with Gasteiger partial charge in [0.1, 0.15) is 11.6 Å². The van der Waals surface area contributed by atoms with Crippen LogP contribution in [0, 0.1) is 11.6 Å². The molecule has 0 aliphatic rings. The van der Waals surface area contributed by atoms with E-state index in [2.05, 4.69) is 10.3 Å². The number of amides is 1. The molecular weight excluding hydrogens is 272 g/mol. The summed E-state index contributed by atoms with van der Waals surface area (Å²) in [5.74, 6) is -2.43. The van der Waals surface area contributed by atoms with Gasteiger partial charge in [0, 0.05) is 30.6 Å². The van der Waals surface area contributed by atoms with Crippen molar-refractivity contribution in [1.29, 1.82) is 0 Å². The van der Waals surface area contributed by atoms with E-state index in [0.717, 1.165) is 11.1 Å². The molecule has 7 heteroatoms. The van der Waals surface area contributed by atoms with E-state index >= 15 is 0 Å². The summed E-state index contributed by atoms with van der Waals surface area (Å²) in [5.41, 5.74) is 4.78. The first-order valence-corrected chi connectivity index (χ1v) is 6.37. The first kappa shape index (κ1) is 13.4. The Labute approximate surface area is 112 Å². The second-order valence-electron chi connectivity index (χ2n) is 3.79. The van der Waals surface area contributed by atoms with Crippen LogP contribution >= 0.6 is 11.3 Å². The Hall–Kier alpha value is -2.02. The molecule has 0 bridgehead atoms. The summed E-state index contributed by atoms with van der Waals surface area (Å²) in [7, 11) is 0. The molecule has 0 atom stereocenters. The number of nitrogens with two attached hydrogens (primary N) is 1. The normalized spacial score (nSPS) is 10.4. The third kappa shape index (κ3) is 3.25. The molecular formula is C12H11F2N3OS. The van der Waals surface area contributed by atoms with Crippen molar-refractivity contribution in [2.24, 2.45) is 0 Å². The minimum Gasteiger partial charge on any atom is -0.396 e. The Morgan fingerprint density at radius 3 is 2.84 bits per heavy atom. The summed E-state index contributed by atoms with van der Waals surface area (Å²) in [4.78, 5) is 15.8. The fraction of sp³-hybridized carbons (Fsp3) is 0.167. The number of carbonyl (C=O) groups excluding carboxylic acids is 1. The molecule has 0 aliphatic carbocycles. The summed E-state index contributed by atoms with van der Waals surface area (Å²) in [6.45, 7) is 0.322. The number of nitrogens with zero attached hydrogens (tertiary/aromatic N) is 1. The lowest BCUT2D eigenvalue weighted by atomic mass is 10.1. The molecule has 1 amide bonds. The quantitative estimate of drug-likeness (QED) is 0.843. The summed E-state index contributed by atoms with van der Waals surface area (Å²) in [6, 6.07) is 1.59. The maximum absolute atomic E-state index is 13.4. The van der Waals surface area contributed by atoms with Crippen molar-refractivity contribution in [3.05, 3.63) is 45.9 Å². The zero-order valence-corrected chi connectivity index (χ0v) is 10.6. The Kier molecular flexibility index (Phi) is 4.06. The fourth-order valence-corrected chi connectivity index (χ4v) is 2.11. The number of hydrogen-bond acceptors (Lipinski definition) is 4. The van der Waals surface area contributed by atoms with E-state index in [-0.39, 0.29) is 11.3 Å². The highest BCUT2D eigenvalue weighted by molar-refractivity contribution is 7.09. The van der Waals surface area contributed by atoms with Gasteiger partial charge in [-0.3, -0.25) is 4.79 Å². The number of nitrogen functional groups attached to an aromatic ring is 1. The SMILES string of the molecule is Nc1cc(C(=O)NCCc2nccs2)c(F)cc1F. The Morgan fingerprint density at radius 1 is 1.37 bits per heavy atom. The molecule has 3 N–H and O–H groups in total. The summed E-state index contributed by atoms with van der Waals surface area (Å²) in [6.07, 6.45) is 2.23. The van der Waals surface area contributed by atoms with Crippen molar-refractivity contribution in [1.82, 2.24) is 10.3 Å². The molecule has 0 aliphatic heterocycles. The third-order valence-electron chi connectivity index (χ3n) is 2.44. The minimum absolute atomic E-state index is 0.258. The number of nitrogens with one attached hydrogen (secondary N) is 1. The molecule has 1 aromatic carbocycles. The van der Waals surface area contributed by atoms with Gasteiger partial charge in [0.15, 0.2) is 0 Å². The smallest absolute Gasteiger partial charge is 0.254 e. The number of anilines is 1. The molecule has 2 rings (SSSR count). The van der Waals surface area contributed by atoms with Gasteiger partial charge in [-0.15, -0.1) is 11.3 Å². The molecule has 2 aromatic rings. The first-order valence-electron chi connectivity index (χ1n) is 5.49. The van der Waals surface area contributed by atoms with Crippen molar-refractivity contribution in [3.8, 4) is 0 Å². The van der Waals surface area contributed by atoms with Crippen molar-refractivity contribution in [2.45, 2.75) is 6.42 Å². The summed E-state index contributed by atoms with van der Waals surface area (Å²) in [5, 5.41) is 5.24. The van der Waals surface area contributed by atoms with Gasteiger partial charge in [-0.25, -0.2) is 13.8 Å². The Balaban J connectivity index is 1.98. The van der Waals surface area contributed by atoms with E-state index in [0.29, 0.717) is 19.0 Å². The van der Waals surface area contributed by atoms with Crippen LogP contribution in [-0.4, -0.2) is 17.4 Å². The number of thiazole rings is 1. The molecule has 0 unspecified atom stereocenters. The van der Waals surface area contributed by atoms with Crippen molar-refractivity contribution < 1.29 is 13.6 Å². The highest BCUT2D eigenvalue weighted by Crippen LogP contribution is 2.16. The number of benzene rings is 1. The van der Waals surface area contributed by atoms with Gasteiger partial charge in [-0.05, 0) is 6.07 Å². The van der Waals surface area contributed by atoms with E-state index in [1.165, 1.54) is 11.3 Å². The summed E-state index contributed by atoms with van der Waals surface area (Å²) < 4.78 is 26.4. The van der Waals surface area contributed by atoms with E-state index in [9.17, 15) is 13.6 Å². The van der Waals surface area contributed by atoms with E-state index < -0.39 is 17.5 Å². The van der Waals surface area contributed by atoms with Gasteiger partial charge in [-0.2, -0.15) is 0 Å². The average molecular weight is 283 g/mol. The van der Waals surface area contributed by atoms with Crippen LogP contribution in [0.4, 0.5) is 14.5 Å². The van der Waals surface area contributed by atoms with Gasteiger partial charge in [0.25, 0.3) is 5.91 Å². The lowest BCUT2D eigenvalue weighted by Crippen LogP contribution is -2.26. The number of rotatable bonds is 4. The van der Waals surface area contributed by atoms with E-state index in [1.807, 2.05) is 5.38 Å². The van der Waals surface area contributed by atoms with Gasteiger partial charge >= 0.3 is 0 Å². The predicted molar refractivity (Wildman–Crippen MR) is 68.9 cm³/mol. The van der Waals surface area contributed by atoms with Gasteiger partial charge in [0.05, 0.1) is 16.3 Å². The zero-order valence-electron chi connectivity index (χ0n) is 9.82. The molecule has 0 fully saturated rings. The molecule has 0 spiro atoms. The topological polar surface area (TPSA) is 68.0 Å². The van der Waals surface area contributed by atoms with Crippen LogP contribution in [0.1, 0.15) is 15.4 Å². The average Bonchev–Trinajstić information content (AvgIpc) is 2.86. The van der Waals surface area contributed by atoms with Gasteiger partial charge in [0.2, 0.25) is 0 Å².